The maximum atomic E-state index is 13.1. The Labute approximate surface area is 196 Å². The largest absolute Gasteiger partial charge is 0.392 e. The highest BCUT2D eigenvalue weighted by molar-refractivity contribution is 5.94. The van der Waals surface area contributed by atoms with Gasteiger partial charge < -0.3 is 9.88 Å². The van der Waals surface area contributed by atoms with Gasteiger partial charge in [0.2, 0.25) is 0 Å². The molecular formula is C25H28F3N5O. The third-order valence-corrected chi connectivity index (χ3v) is 6.87. The van der Waals surface area contributed by atoms with E-state index in [1.165, 1.54) is 0 Å². The summed E-state index contributed by atoms with van der Waals surface area (Å²) in [6.45, 7) is 3.51. The summed E-state index contributed by atoms with van der Waals surface area (Å²) in [7, 11) is 0. The number of nitrogens with zero attached hydrogens (tertiary/aromatic N) is 4. The average Bonchev–Trinajstić information content (AvgIpc) is 3.43. The molecule has 4 heterocycles. The summed E-state index contributed by atoms with van der Waals surface area (Å²) in [4.78, 5) is 17.6. The Hall–Kier alpha value is -3.10. The normalized spacial score (nSPS) is 17.8. The van der Waals surface area contributed by atoms with E-state index in [0.29, 0.717) is 23.6 Å². The van der Waals surface area contributed by atoms with Crippen molar-refractivity contribution in [3.63, 3.8) is 0 Å². The maximum absolute atomic E-state index is 13.1. The van der Waals surface area contributed by atoms with Crippen LogP contribution in [-0.2, 0) is 38.9 Å². The average molecular weight is 472 g/mol. The van der Waals surface area contributed by atoms with Crippen LogP contribution in [0.2, 0.25) is 0 Å². The van der Waals surface area contributed by atoms with Crippen LogP contribution in [0.1, 0.15) is 59.5 Å². The zero-order chi connectivity index (χ0) is 23.9. The predicted octanol–water partition coefficient (Wildman–Crippen LogP) is 4.70. The number of aromatic nitrogens is 4. The van der Waals surface area contributed by atoms with Gasteiger partial charge in [0.05, 0.1) is 17.3 Å². The van der Waals surface area contributed by atoms with Crippen molar-refractivity contribution in [3.8, 4) is 11.3 Å². The molecule has 3 aromatic rings. The van der Waals surface area contributed by atoms with Crippen molar-refractivity contribution >= 4 is 5.91 Å². The summed E-state index contributed by atoms with van der Waals surface area (Å²) in [5.74, 6) is -0.408. The Morgan fingerprint density at radius 2 is 1.97 bits per heavy atom. The lowest BCUT2D eigenvalue weighted by Gasteiger charge is -2.25. The van der Waals surface area contributed by atoms with Crippen LogP contribution in [-0.4, -0.2) is 31.4 Å². The molecule has 2 aliphatic rings. The fourth-order valence-electron chi connectivity index (χ4n) is 4.96. The summed E-state index contributed by atoms with van der Waals surface area (Å²) in [5, 5.41) is 7.52. The van der Waals surface area contributed by atoms with Gasteiger partial charge in [-0.15, -0.1) is 0 Å². The Kier molecular flexibility index (Phi) is 5.95. The minimum absolute atomic E-state index is 0.0291. The van der Waals surface area contributed by atoms with Crippen molar-refractivity contribution in [1.29, 1.82) is 0 Å². The zero-order valence-corrected chi connectivity index (χ0v) is 19.2. The third-order valence-electron chi connectivity index (χ3n) is 6.87. The van der Waals surface area contributed by atoms with E-state index in [1.54, 1.807) is 10.7 Å². The number of fused-ring (bicyclic) bond motifs is 2. The van der Waals surface area contributed by atoms with Gasteiger partial charge in [-0.1, -0.05) is 31.2 Å². The van der Waals surface area contributed by atoms with E-state index < -0.39 is 12.1 Å². The predicted molar refractivity (Wildman–Crippen MR) is 121 cm³/mol. The molecule has 1 unspecified atom stereocenters. The van der Waals surface area contributed by atoms with Crippen LogP contribution in [0, 0.1) is 5.92 Å². The second-order valence-corrected chi connectivity index (χ2v) is 9.14. The topological polar surface area (TPSA) is 64.7 Å². The van der Waals surface area contributed by atoms with E-state index in [1.807, 2.05) is 31.2 Å². The van der Waals surface area contributed by atoms with E-state index >= 15 is 0 Å². The number of alkyl halides is 3. The first-order valence-corrected chi connectivity index (χ1v) is 11.9. The lowest BCUT2D eigenvalue weighted by Crippen LogP contribution is -2.31. The van der Waals surface area contributed by atoms with E-state index in [2.05, 4.69) is 20.0 Å². The number of benzene rings is 1. The second kappa shape index (κ2) is 8.92. The second-order valence-electron chi connectivity index (χ2n) is 9.14. The minimum atomic E-state index is -4.17. The van der Waals surface area contributed by atoms with Crippen LogP contribution >= 0.6 is 0 Å². The molecule has 34 heavy (non-hydrogen) atoms. The molecule has 5 rings (SSSR count). The van der Waals surface area contributed by atoms with Crippen molar-refractivity contribution < 1.29 is 18.0 Å². The number of carbonyl (C=O) groups is 1. The number of hydrogen-bond acceptors (Lipinski definition) is 3. The third kappa shape index (κ3) is 4.35. The zero-order valence-electron chi connectivity index (χ0n) is 19.2. The van der Waals surface area contributed by atoms with Gasteiger partial charge in [0.1, 0.15) is 11.5 Å². The number of nitrogens with one attached hydrogen (secondary N) is 1. The van der Waals surface area contributed by atoms with Crippen molar-refractivity contribution in [3.05, 3.63) is 58.8 Å². The minimum Gasteiger partial charge on any atom is -0.347 e. The van der Waals surface area contributed by atoms with Crippen LogP contribution < -0.4 is 5.32 Å². The number of halogens is 3. The van der Waals surface area contributed by atoms with Crippen molar-refractivity contribution in [2.75, 3.05) is 0 Å². The number of imidazole rings is 1. The molecule has 6 nitrogen and oxygen atoms in total. The molecule has 0 aliphatic carbocycles. The quantitative estimate of drug-likeness (QED) is 0.587. The molecule has 9 heteroatoms. The first-order chi connectivity index (χ1) is 16.3. The van der Waals surface area contributed by atoms with E-state index in [4.69, 9.17) is 0 Å². The molecule has 0 fully saturated rings. The van der Waals surface area contributed by atoms with Crippen molar-refractivity contribution in [2.24, 2.45) is 5.92 Å². The van der Waals surface area contributed by atoms with Crippen LogP contribution in [0.5, 0.6) is 0 Å². The Morgan fingerprint density at radius 1 is 1.18 bits per heavy atom. The van der Waals surface area contributed by atoms with Gasteiger partial charge in [0.15, 0.2) is 0 Å². The molecule has 0 saturated heterocycles. The van der Waals surface area contributed by atoms with E-state index in [9.17, 15) is 18.0 Å². The number of hydrogen-bond donors (Lipinski definition) is 1. The number of aryl methyl sites for hydroxylation is 3. The Morgan fingerprint density at radius 3 is 2.71 bits per heavy atom. The van der Waals surface area contributed by atoms with Gasteiger partial charge in [-0.25, -0.2) is 4.98 Å². The van der Waals surface area contributed by atoms with Crippen molar-refractivity contribution in [2.45, 2.75) is 71.3 Å². The lowest BCUT2D eigenvalue weighted by molar-refractivity contribution is -0.179. The SMILES string of the molecule is CCc1nc2n(c1C(=O)NCc1ccc(-c3cc4n(n3)CCC(C(F)(F)F)C4)cc1)CCCC2. The highest BCUT2D eigenvalue weighted by atomic mass is 19.4. The van der Waals surface area contributed by atoms with Gasteiger partial charge in [0, 0.05) is 43.7 Å². The molecule has 1 aromatic carbocycles. The molecule has 1 N–H and O–H groups in total. The summed E-state index contributed by atoms with van der Waals surface area (Å²) < 4.78 is 43.0. The monoisotopic (exact) mass is 471 g/mol. The molecular weight excluding hydrogens is 443 g/mol. The van der Waals surface area contributed by atoms with Gasteiger partial charge in [0.25, 0.3) is 5.91 Å². The molecule has 0 spiro atoms. The molecule has 180 valence electrons. The fraction of sp³-hybridized carbons (Fsp3) is 0.480. The van der Waals surface area contributed by atoms with Crippen LogP contribution in [0.4, 0.5) is 13.2 Å². The molecule has 0 radical (unpaired) electrons. The smallest absolute Gasteiger partial charge is 0.347 e. The number of carbonyl (C=O) groups excluding carboxylic acids is 1. The molecule has 1 atom stereocenters. The summed E-state index contributed by atoms with van der Waals surface area (Å²) in [6.07, 6.45) is -0.338. The fourth-order valence-corrected chi connectivity index (χ4v) is 4.96. The number of rotatable bonds is 5. The number of amides is 1. The first kappa shape index (κ1) is 22.7. The van der Waals surface area contributed by atoms with E-state index in [0.717, 1.165) is 54.9 Å². The van der Waals surface area contributed by atoms with Crippen molar-refractivity contribution in [1.82, 2.24) is 24.6 Å². The standard InChI is InChI=1S/C25H28F3N5O/c1-2-20-23(32-11-4-3-5-22(32)30-20)24(34)29-15-16-6-8-17(9-7-16)21-14-19-13-18(25(26,27)28)10-12-33(19)31-21/h6-9,14,18H,2-5,10-13,15H2,1H3,(H,29,34). The van der Waals surface area contributed by atoms with Gasteiger partial charge in [-0.05, 0) is 37.3 Å². The first-order valence-electron chi connectivity index (χ1n) is 11.9. The van der Waals surface area contributed by atoms with Crippen LogP contribution in [0.25, 0.3) is 11.3 Å². The summed E-state index contributed by atoms with van der Waals surface area (Å²) in [6, 6.07) is 9.38. The lowest BCUT2D eigenvalue weighted by atomic mass is 9.95. The van der Waals surface area contributed by atoms with Crippen LogP contribution in [0.3, 0.4) is 0 Å². The molecule has 0 bridgehead atoms. The highest BCUT2D eigenvalue weighted by Gasteiger charge is 2.41. The van der Waals surface area contributed by atoms with Gasteiger partial charge >= 0.3 is 6.18 Å². The Bertz CT molecular complexity index is 1190. The van der Waals surface area contributed by atoms with Gasteiger partial charge in [-0.3, -0.25) is 9.48 Å². The van der Waals surface area contributed by atoms with E-state index in [-0.39, 0.29) is 25.3 Å². The Balaban J connectivity index is 1.25. The molecule has 0 saturated carbocycles. The summed E-state index contributed by atoms with van der Waals surface area (Å²) >= 11 is 0. The molecule has 2 aromatic heterocycles. The molecule has 1 amide bonds. The maximum Gasteiger partial charge on any atom is 0.392 e. The van der Waals surface area contributed by atoms with Gasteiger partial charge in [-0.2, -0.15) is 18.3 Å². The van der Waals surface area contributed by atoms with Crippen LogP contribution in [0.15, 0.2) is 30.3 Å². The highest BCUT2D eigenvalue weighted by Crippen LogP contribution is 2.36. The summed E-state index contributed by atoms with van der Waals surface area (Å²) in [5.41, 5.74) is 4.60. The molecule has 2 aliphatic heterocycles.